The largest absolute Gasteiger partial charge is 0.278 e. The molecule has 0 saturated carbocycles. The number of carbonyl (C=O) groups excluding carboxylic acids is 2. The Labute approximate surface area is 103 Å². The monoisotopic (exact) mass is 248 g/mol. The molecule has 1 heterocycles. The number of rotatable bonds is 2. The fourth-order valence-electron chi connectivity index (χ4n) is 1.71. The molecule has 5 heteroatoms. The molecule has 0 bridgehead atoms. The number of likely N-dealkylation sites (tertiary alicyclic amines) is 1. The van der Waals surface area contributed by atoms with Gasteiger partial charge in [0.05, 0.1) is 18.2 Å². The van der Waals surface area contributed by atoms with Crippen molar-refractivity contribution in [2.24, 2.45) is 0 Å². The highest BCUT2D eigenvalue weighted by atomic mass is 35.5. The zero-order valence-corrected chi connectivity index (χ0v) is 9.70. The standard InChI is InChI=1S/C12H9ClN2O2/c13-10-5-8(6-14)1-2-9(10)7-15-11(16)3-4-12(15)17/h1-2,5H,3-4,7H2. The molecule has 0 radical (unpaired) electrons. The first-order valence-corrected chi connectivity index (χ1v) is 5.51. The minimum absolute atomic E-state index is 0.171. The summed E-state index contributed by atoms with van der Waals surface area (Å²) >= 11 is 5.98. The molecule has 1 aliphatic heterocycles. The van der Waals surface area contributed by atoms with E-state index in [-0.39, 0.29) is 31.2 Å². The summed E-state index contributed by atoms with van der Waals surface area (Å²) in [4.78, 5) is 24.1. The fourth-order valence-corrected chi connectivity index (χ4v) is 1.95. The molecular formula is C12H9ClN2O2. The van der Waals surface area contributed by atoms with E-state index in [1.807, 2.05) is 6.07 Å². The summed E-state index contributed by atoms with van der Waals surface area (Å²) in [5.41, 5.74) is 1.13. The van der Waals surface area contributed by atoms with E-state index in [1.54, 1.807) is 12.1 Å². The van der Waals surface area contributed by atoms with Gasteiger partial charge in [0.1, 0.15) is 0 Å². The number of hydrogen-bond acceptors (Lipinski definition) is 3. The molecule has 4 nitrogen and oxygen atoms in total. The zero-order chi connectivity index (χ0) is 12.4. The second kappa shape index (κ2) is 4.56. The predicted octanol–water partition coefficient (Wildman–Crippen LogP) is 1.86. The van der Waals surface area contributed by atoms with Crippen LogP contribution in [0.25, 0.3) is 0 Å². The third-order valence-corrected chi connectivity index (χ3v) is 3.02. The highest BCUT2D eigenvalue weighted by Gasteiger charge is 2.29. The molecule has 1 aromatic carbocycles. The Balaban J connectivity index is 2.22. The average molecular weight is 249 g/mol. The molecule has 0 N–H and O–H groups in total. The highest BCUT2D eigenvalue weighted by molar-refractivity contribution is 6.31. The Morgan fingerprint density at radius 2 is 1.94 bits per heavy atom. The van der Waals surface area contributed by atoms with E-state index >= 15 is 0 Å². The van der Waals surface area contributed by atoms with Gasteiger partial charge in [-0.15, -0.1) is 0 Å². The van der Waals surface area contributed by atoms with E-state index < -0.39 is 0 Å². The second-order valence-corrected chi connectivity index (χ2v) is 4.20. The van der Waals surface area contributed by atoms with Gasteiger partial charge in [-0.05, 0) is 17.7 Å². The Morgan fingerprint density at radius 3 is 2.47 bits per heavy atom. The summed E-state index contributed by atoms with van der Waals surface area (Å²) in [7, 11) is 0. The maximum atomic E-state index is 11.4. The van der Waals surface area contributed by atoms with Crippen LogP contribution in [0, 0.1) is 11.3 Å². The SMILES string of the molecule is N#Cc1ccc(CN2C(=O)CCC2=O)c(Cl)c1. The maximum absolute atomic E-state index is 11.4. The van der Waals surface area contributed by atoms with Crippen molar-refractivity contribution < 1.29 is 9.59 Å². The van der Waals surface area contributed by atoms with Crippen molar-refractivity contribution in [2.75, 3.05) is 0 Å². The topological polar surface area (TPSA) is 61.2 Å². The lowest BCUT2D eigenvalue weighted by atomic mass is 10.1. The third-order valence-electron chi connectivity index (χ3n) is 2.67. The summed E-state index contributed by atoms with van der Waals surface area (Å²) in [5.74, 6) is -0.342. The lowest BCUT2D eigenvalue weighted by Crippen LogP contribution is -2.28. The van der Waals surface area contributed by atoms with Crippen molar-refractivity contribution in [3.63, 3.8) is 0 Å². The first kappa shape index (κ1) is 11.6. The van der Waals surface area contributed by atoms with Crippen molar-refractivity contribution in [2.45, 2.75) is 19.4 Å². The van der Waals surface area contributed by atoms with Gasteiger partial charge in [-0.2, -0.15) is 5.26 Å². The number of nitrogens with zero attached hydrogens (tertiary/aromatic N) is 2. The molecule has 17 heavy (non-hydrogen) atoms. The summed E-state index contributed by atoms with van der Waals surface area (Å²) < 4.78 is 0. The van der Waals surface area contributed by atoms with Crippen LogP contribution < -0.4 is 0 Å². The van der Waals surface area contributed by atoms with E-state index in [0.29, 0.717) is 16.1 Å². The number of hydrogen-bond donors (Lipinski definition) is 0. The van der Waals surface area contributed by atoms with Crippen LogP contribution in [0.5, 0.6) is 0 Å². The quantitative estimate of drug-likeness (QED) is 0.751. The Morgan fingerprint density at radius 1 is 1.29 bits per heavy atom. The van der Waals surface area contributed by atoms with Gasteiger partial charge in [0.25, 0.3) is 0 Å². The van der Waals surface area contributed by atoms with Crippen LogP contribution in [0.15, 0.2) is 18.2 Å². The van der Waals surface area contributed by atoms with Gasteiger partial charge in [-0.3, -0.25) is 14.5 Å². The van der Waals surface area contributed by atoms with Gasteiger partial charge in [-0.1, -0.05) is 17.7 Å². The number of carbonyl (C=O) groups is 2. The highest BCUT2D eigenvalue weighted by Crippen LogP contribution is 2.22. The molecule has 1 fully saturated rings. The molecule has 1 saturated heterocycles. The van der Waals surface area contributed by atoms with E-state index in [0.717, 1.165) is 0 Å². The predicted molar refractivity (Wildman–Crippen MR) is 61.0 cm³/mol. The van der Waals surface area contributed by atoms with Crippen LogP contribution in [0.3, 0.4) is 0 Å². The Hall–Kier alpha value is -1.86. The van der Waals surface area contributed by atoms with Crippen LogP contribution in [-0.2, 0) is 16.1 Å². The van der Waals surface area contributed by atoms with Gasteiger partial charge in [0, 0.05) is 17.9 Å². The third kappa shape index (κ3) is 2.29. The maximum Gasteiger partial charge on any atom is 0.229 e. The number of nitriles is 1. The van der Waals surface area contributed by atoms with Gasteiger partial charge < -0.3 is 0 Å². The molecule has 0 unspecified atom stereocenters. The zero-order valence-electron chi connectivity index (χ0n) is 8.94. The fraction of sp³-hybridized carbons (Fsp3) is 0.250. The molecule has 2 amide bonds. The smallest absolute Gasteiger partial charge is 0.229 e. The summed E-state index contributed by atoms with van der Waals surface area (Å²) in [6.07, 6.45) is 0.541. The summed E-state index contributed by atoms with van der Waals surface area (Å²) in [6, 6.07) is 6.79. The van der Waals surface area contributed by atoms with Crippen molar-refractivity contribution in [1.29, 1.82) is 5.26 Å². The lowest BCUT2D eigenvalue weighted by Gasteiger charge is -2.14. The molecule has 0 aromatic heterocycles. The number of benzene rings is 1. The Kier molecular flexibility index (Phi) is 3.12. The van der Waals surface area contributed by atoms with Crippen molar-refractivity contribution in [1.82, 2.24) is 4.90 Å². The first-order chi connectivity index (χ1) is 8.11. The normalized spacial score (nSPS) is 15.2. The van der Waals surface area contributed by atoms with Crippen LogP contribution in [0.1, 0.15) is 24.0 Å². The summed E-state index contributed by atoms with van der Waals surface area (Å²) in [5, 5.41) is 9.09. The van der Waals surface area contributed by atoms with Crippen molar-refractivity contribution >= 4 is 23.4 Å². The van der Waals surface area contributed by atoms with E-state index in [9.17, 15) is 9.59 Å². The van der Waals surface area contributed by atoms with Crippen LogP contribution in [-0.4, -0.2) is 16.7 Å². The molecule has 1 aromatic rings. The molecule has 86 valence electrons. The van der Waals surface area contributed by atoms with Gasteiger partial charge >= 0.3 is 0 Å². The minimum Gasteiger partial charge on any atom is -0.278 e. The number of amides is 2. The molecule has 1 aliphatic rings. The second-order valence-electron chi connectivity index (χ2n) is 3.79. The number of halogens is 1. The van der Waals surface area contributed by atoms with Crippen LogP contribution in [0.2, 0.25) is 5.02 Å². The average Bonchev–Trinajstić information content (AvgIpc) is 2.63. The molecule has 2 rings (SSSR count). The van der Waals surface area contributed by atoms with Crippen LogP contribution in [0.4, 0.5) is 0 Å². The lowest BCUT2D eigenvalue weighted by molar-refractivity contribution is -0.139. The molecule has 0 spiro atoms. The van der Waals surface area contributed by atoms with E-state index in [1.165, 1.54) is 11.0 Å². The van der Waals surface area contributed by atoms with Gasteiger partial charge in [-0.25, -0.2) is 0 Å². The number of imide groups is 1. The Bertz CT molecular complexity index is 518. The summed E-state index contributed by atoms with van der Waals surface area (Å²) in [6.45, 7) is 0.183. The van der Waals surface area contributed by atoms with Gasteiger partial charge in [0.15, 0.2) is 0 Å². The van der Waals surface area contributed by atoms with Gasteiger partial charge in [0.2, 0.25) is 11.8 Å². The van der Waals surface area contributed by atoms with E-state index in [2.05, 4.69) is 0 Å². The van der Waals surface area contributed by atoms with Crippen molar-refractivity contribution in [3.8, 4) is 6.07 Å². The molecule has 0 aliphatic carbocycles. The van der Waals surface area contributed by atoms with E-state index in [4.69, 9.17) is 16.9 Å². The first-order valence-electron chi connectivity index (χ1n) is 5.13. The van der Waals surface area contributed by atoms with Crippen LogP contribution >= 0.6 is 11.6 Å². The minimum atomic E-state index is -0.171. The molecule has 0 atom stereocenters. The van der Waals surface area contributed by atoms with Crippen molar-refractivity contribution in [3.05, 3.63) is 34.3 Å². The molecular weight excluding hydrogens is 240 g/mol.